The van der Waals surface area contributed by atoms with Crippen LogP contribution >= 0.6 is 0 Å². The van der Waals surface area contributed by atoms with Gasteiger partial charge < -0.3 is 52.6 Å². The maximum Gasteiger partial charge on any atom is 5.00 e. The van der Waals surface area contributed by atoms with Crippen LogP contribution in [0.3, 0.4) is 0 Å². The van der Waals surface area contributed by atoms with Gasteiger partial charge in [0.15, 0.2) is 0 Å². The predicted molar refractivity (Wildman–Crippen MR) is 0 cm³/mol. The Kier molecular flexibility index (Phi) is 10200. The third kappa shape index (κ3) is 1740. The van der Waals surface area contributed by atoms with E-state index in [2.05, 4.69) is 0 Å². The topological polar surface area (TPSA) is 231 Å². The van der Waals surface area contributed by atoms with Gasteiger partial charge in [-0.05, 0) is 0 Å². The van der Waals surface area contributed by atoms with Crippen LogP contribution in [0, 0.1) is 0 Å². The molecule has 0 amide bonds. The third-order valence-electron chi connectivity index (χ3n) is 0. The zero-order valence-electron chi connectivity index (χ0n) is 4.98. The van der Waals surface area contributed by atoms with Crippen molar-refractivity contribution >= 4 is 0 Å². The first-order valence-corrected chi connectivity index (χ1v) is 0.833. The Labute approximate surface area is 90.0 Å². The van der Waals surface area contributed by atoms with Crippen LogP contribution in [0.25, 0.3) is 0 Å². The van der Waals surface area contributed by atoms with E-state index in [1.165, 1.54) is 0 Å². The Morgan fingerprint density at radius 1 is 0.250 bits per heavy atom. The second-order valence-electron chi connectivity index (χ2n) is 0. The van der Waals surface area contributed by atoms with Crippen molar-refractivity contribution in [2.75, 3.05) is 0 Å². The summed E-state index contributed by atoms with van der Waals surface area (Å²) in [6, 6.07) is 0. The van der Waals surface area contributed by atoms with Gasteiger partial charge in [-0.15, -0.1) is 0 Å². The average molecular weight is 262 g/mol. The van der Waals surface area contributed by atoms with E-state index in [4.69, 9.17) is 52.6 Å². The monoisotopic (exact) mass is 262 g/mol. The number of hydrogen-bond donors (Lipinski definition) is 0. The molecule has 0 rings (SSSR count). The molecule has 0 heterocycles. The fraction of sp³-hybridized carbons (Fsp3) is 0. The molecule has 0 bridgehead atoms. The summed E-state index contributed by atoms with van der Waals surface area (Å²) in [5.41, 5.74) is 0. The van der Waals surface area contributed by atoms with Gasteiger partial charge in [0.2, 0.25) is 0 Å². The Hall–Kier alpha value is 0.769. The van der Waals surface area contributed by atoms with Crippen LogP contribution in [0.5, 0.6) is 0 Å². The van der Waals surface area contributed by atoms with Crippen molar-refractivity contribution in [1.29, 1.82) is 0 Å². The molecule has 0 aromatic carbocycles. The first-order valence-electron chi connectivity index (χ1n) is 0.833. The SMILES string of the molecule is [O-][O-].[O-][O-].[O-][O-].[O-][O-].[O-][O-].[V+5].[V+5]. The van der Waals surface area contributed by atoms with Crippen LogP contribution in [-0.2, 0) is 37.1 Å². The van der Waals surface area contributed by atoms with Gasteiger partial charge in [0.05, 0.1) is 0 Å². The van der Waals surface area contributed by atoms with E-state index in [0.717, 1.165) is 0 Å². The van der Waals surface area contributed by atoms with Crippen LogP contribution in [0.15, 0.2) is 0 Å². The minimum atomic E-state index is 0. The summed E-state index contributed by atoms with van der Waals surface area (Å²) in [6.07, 6.45) is 0. The molecular formula is O10V2. The molecule has 0 unspecified atom stereocenters. The van der Waals surface area contributed by atoms with Crippen molar-refractivity contribution < 1.29 is 89.7 Å². The summed E-state index contributed by atoms with van der Waals surface area (Å²) in [5.74, 6) is 0. The van der Waals surface area contributed by atoms with E-state index < -0.39 is 0 Å². The third-order valence-corrected chi connectivity index (χ3v) is 0. The summed E-state index contributed by atoms with van der Waals surface area (Å²) in [5, 5.41) is 70.0. The van der Waals surface area contributed by atoms with Gasteiger partial charge in [0.25, 0.3) is 0 Å². The van der Waals surface area contributed by atoms with Crippen molar-refractivity contribution in [2.24, 2.45) is 0 Å². The molecule has 0 N–H and O–H groups in total. The van der Waals surface area contributed by atoms with Crippen molar-refractivity contribution in [3.63, 3.8) is 0 Å². The molecule has 70 valence electrons. The van der Waals surface area contributed by atoms with Crippen LogP contribution in [0.4, 0.5) is 0 Å². The Morgan fingerprint density at radius 3 is 0.250 bits per heavy atom. The number of hydrogen-bond acceptors (Lipinski definition) is 10. The maximum atomic E-state index is 7.00. The molecule has 0 aliphatic rings. The summed E-state index contributed by atoms with van der Waals surface area (Å²) in [7, 11) is 0. The van der Waals surface area contributed by atoms with E-state index in [1.807, 2.05) is 0 Å². The second-order valence-corrected chi connectivity index (χ2v) is 0. The number of rotatable bonds is 0. The van der Waals surface area contributed by atoms with Crippen molar-refractivity contribution in [3.8, 4) is 0 Å². The fourth-order valence-electron chi connectivity index (χ4n) is 0. The van der Waals surface area contributed by atoms with E-state index in [-0.39, 0.29) is 37.1 Å². The molecule has 0 saturated heterocycles. The van der Waals surface area contributed by atoms with Gasteiger partial charge in [-0.25, -0.2) is 0 Å². The van der Waals surface area contributed by atoms with E-state index >= 15 is 0 Å². The molecule has 12 heavy (non-hydrogen) atoms. The Morgan fingerprint density at radius 2 is 0.250 bits per heavy atom. The van der Waals surface area contributed by atoms with Crippen LogP contribution < -0.4 is 52.6 Å². The fourth-order valence-corrected chi connectivity index (χ4v) is 0. The molecule has 12 heteroatoms. The van der Waals surface area contributed by atoms with Gasteiger partial charge in [0, 0.05) is 0 Å². The summed E-state index contributed by atoms with van der Waals surface area (Å²) < 4.78 is 0. The largest absolute Gasteiger partial charge is 5.00 e. The molecule has 10 nitrogen and oxygen atoms in total. The van der Waals surface area contributed by atoms with Gasteiger partial charge in [-0.1, -0.05) is 0 Å². The van der Waals surface area contributed by atoms with Gasteiger partial charge >= 0.3 is 37.1 Å². The van der Waals surface area contributed by atoms with Gasteiger partial charge in [-0.3, -0.25) is 0 Å². The van der Waals surface area contributed by atoms with Crippen LogP contribution in [0.2, 0.25) is 0 Å². The minimum Gasteiger partial charge on any atom is -1.00 e. The zero-order valence-corrected chi connectivity index (χ0v) is 7.77. The first-order chi connectivity index (χ1) is 5.00. The summed E-state index contributed by atoms with van der Waals surface area (Å²) in [6.45, 7) is 0. The van der Waals surface area contributed by atoms with E-state index in [0.29, 0.717) is 0 Å². The van der Waals surface area contributed by atoms with Crippen molar-refractivity contribution in [3.05, 3.63) is 0 Å². The summed E-state index contributed by atoms with van der Waals surface area (Å²) in [4.78, 5) is 0. The molecule has 0 aliphatic carbocycles. The normalized spacial score (nSPS) is 2.50. The smallest absolute Gasteiger partial charge is 1.00 e. The van der Waals surface area contributed by atoms with Crippen LogP contribution in [0.1, 0.15) is 0 Å². The molecule has 0 aliphatic heterocycles. The Bertz CT molecular complexity index is 7.80. The maximum absolute atomic E-state index is 7.00. The zero-order chi connectivity index (χ0) is 10.0. The molecule has 0 radical (unpaired) electrons. The second kappa shape index (κ2) is 2310. The van der Waals surface area contributed by atoms with Gasteiger partial charge in [-0.2, -0.15) is 0 Å². The molecule has 0 fully saturated rings. The first kappa shape index (κ1) is 53.1. The van der Waals surface area contributed by atoms with Gasteiger partial charge in [0.1, 0.15) is 0 Å². The minimum absolute atomic E-state index is 0. The van der Waals surface area contributed by atoms with E-state index in [9.17, 15) is 0 Å². The standard InChI is InChI=1S/5O2.2V/c5*1-2;;/q5*-2;2*+5. The molecule has 0 spiro atoms. The Balaban J connectivity index is -0.00000000500. The molecule has 0 atom stereocenters. The summed E-state index contributed by atoms with van der Waals surface area (Å²) >= 11 is 0. The quantitative estimate of drug-likeness (QED) is 0.295. The molecule has 0 aromatic heterocycles. The van der Waals surface area contributed by atoms with Crippen molar-refractivity contribution in [2.45, 2.75) is 0 Å². The molecule has 0 saturated carbocycles. The average Bonchev–Trinajstić information content (AvgIpc) is 2.20. The van der Waals surface area contributed by atoms with E-state index in [1.54, 1.807) is 0 Å². The van der Waals surface area contributed by atoms with Crippen molar-refractivity contribution in [1.82, 2.24) is 0 Å². The molecular weight excluding hydrogens is 262 g/mol. The predicted octanol–water partition coefficient (Wildman–Crippen LogP) is -11.9. The molecule has 0 aromatic rings. The van der Waals surface area contributed by atoms with Crippen LogP contribution in [-0.4, -0.2) is 0 Å².